The number of unbranched alkanes of at least 4 members (excludes halogenated alkanes) is 4. The molecule has 0 aromatic rings. The zero-order chi connectivity index (χ0) is 15.8. The van der Waals surface area contributed by atoms with Crippen molar-refractivity contribution in [1.82, 2.24) is 0 Å². The Balaban J connectivity index is 3.51. The molecule has 2 N–H and O–H groups in total. The molecule has 3 nitrogen and oxygen atoms in total. The highest BCUT2D eigenvalue weighted by Gasteiger charge is 1.96. The number of aliphatic carboxylic acids is 1. The third-order valence-corrected chi connectivity index (χ3v) is 3.13. The van der Waals surface area contributed by atoms with Gasteiger partial charge in [0.1, 0.15) is 0 Å². The van der Waals surface area contributed by atoms with Crippen LogP contribution in [0.4, 0.5) is 0 Å². The van der Waals surface area contributed by atoms with E-state index in [1.807, 2.05) is 24.3 Å². The molecule has 0 aliphatic rings. The molecule has 0 saturated carbocycles. The predicted octanol–water partition coefficient (Wildman–Crippen LogP) is 4.63. The van der Waals surface area contributed by atoms with E-state index in [9.17, 15) is 9.90 Å². The van der Waals surface area contributed by atoms with Crippen LogP contribution in [-0.4, -0.2) is 22.3 Å². The minimum absolute atomic E-state index is 0.263. The van der Waals surface area contributed by atoms with Gasteiger partial charge in [-0.25, -0.2) is 0 Å². The lowest BCUT2D eigenvalue weighted by Crippen LogP contribution is -2.00. The summed E-state index contributed by atoms with van der Waals surface area (Å²) >= 11 is 0. The number of rotatable bonds is 13. The molecule has 0 saturated heterocycles. The smallest absolute Gasteiger partial charge is 0.303 e. The molecule has 120 valence electrons. The van der Waals surface area contributed by atoms with Gasteiger partial charge in [0.15, 0.2) is 0 Å². The van der Waals surface area contributed by atoms with Gasteiger partial charge in [-0.05, 0) is 32.1 Å². The molecule has 0 spiro atoms. The monoisotopic (exact) mass is 294 g/mol. The fourth-order valence-electron chi connectivity index (χ4n) is 1.88. The molecular formula is C18H30O3. The third-order valence-electron chi connectivity index (χ3n) is 3.13. The molecule has 3 heteroatoms. The maximum atomic E-state index is 10.3. The second kappa shape index (κ2) is 15.0. The molecule has 0 aromatic carbocycles. The van der Waals surface area contributed by atoms with Gasteiger partial charge >= 0.3 is 5.97 Å². The van der Waals surface area contributed by atoms with Crippen LogP contribution in [0.1, 0.15) is 64.7 Å². The number of carbonyl (C=O) groups is 1. The molecule has 0 amide bonds. The summed E-state index contributed by atoms with van der Waals surface area (Å²) in [6.45, 7) is 2.16. The van der Waals surface area contributed by atoms with Gasteiger partial charge in [0.05, 0.1) is 6.10 Å². The van der Waals surface area contributed by atoms with Crippen molar-refractivity contribution in [3.8, 4) is 0 Å². The van der Waals surface area contributed by atoms with Crippen LogP contribution >= 0.6 is 0 Å². The fraction of sp³-hybridized carbons (Fsp3) is 0.611. The summed E-state index contributed by atoms with van der Waals surface area (Å²) in [7, 11) is 0. The second-order valence-electron chi connectivity index (χ2n) is 5.22. The van der Waals surface area contributed by atoms with Gasteiger partial charge in [-0.2, -0.15) is 0 Å². The normalized spacial score (nSPS) is 13.6. The van der Waals surface area contributed by atoms with E-state index in [1.54, 1.807) is 0 Å². The summed E-state index contributed by atoms with van der Waals surface area (Å²) < 4.78 is 0. The van der Waals surface area contributed by atoms with E-state index in [-0.39, 0.29) is 12.5 Å². The van der Waals surface area contributed by atoms with Crippen molar-refractivity contribution in [3.05, 3.63) is 36.5 Å². The van der Waals surface area contributed by atoms with Crippen molar-refractivity contribution in [2.45, 2.75) is 70.8 Å². The van der Waals surface area contributed by atoms with Gasteiger partial charge in [-0.1, -0.05) is 62.6 Å². The Morgan fingerprint density at radius 1 is 1.05 bits per heavy atom. The van der Waals surface area contributed by atoms with E-state index in [4.69, 9.17) is 5.11 Å². The highest BCUT2D eigenvalue weighted by molar-refractivity contribution is 5.66. The molecule has 0 fully saturated rings. The number of hydrogen-bond donors (Lipinski definition) is 2. The summed E-state index contributed by atoms with van der Waals surface area (Å²) in [5.74, 6) is -0.717. The van der Waals surface area contributed by atoms with Gasteiger partial charge in [0, 0.05) is 6.42 Å². The first-order valence-electron chi connectivity index (χ1n) is 8.05. The van der Waals surface area contributed by atoms with Crippen LogP contribution in [0, 0.1) is 0 Å². The van der Waals surface area contributed by atoms with Crippen molar-refractivity contribution in [3.63, 3.8) is 0 Å². The van der Waals surface area contributed by atoms with Gasteiger partial charge in [0.2, 0.25) is 0 Å². The van der Waals surface area contributed by atoms with Crippen LogP contribution < -0.4 is 0 Å². The van der Waals surface area contributed by atoms with Crippen LogP contribution in [0.25, 0.3) is 0 Å². The first kappa shape index (κ1) is 19.7. The van der Waals surface area contributed by atoms with Gasteiger partial charge < -0.3 is 10.2 Å². The van der Waals surface area contributed by atoms with E-state index in [2.05, 4.69) is 19.1 Å². The quantitative estimate of drug-likeness (QED) is 0.296. The van der Waals surface area contributed by atoms with Crippen molar-refractivity contribution >= 4 is 5.97 Å². The summed E-state index contributed by atoms with van der Waals surface area (Å²) in [4.78, 5) is 10.3. The second-order valence-corrected chi connectivity index (χ2v) is 5.22. The van der Waals surface area contributed by atoms with Crippen LogP contribution in [-0.2, 0) is 4.79 Å². The topological polar surface area (TPSA) is 57.5 Å². The van der Waals surface area contributed by atoms with Crippen molar-refractivity contribution in [2.75, 3.05) is 0 Å². The molecule has 0 aliphatic heterocycles. The van der Waals surface area contributed by atoms with E-state index >= 15 is 0 Å². The van der Waals surface area contributed by atoms with Crippen molar-refractivity contribution < 1.29 is 15.0 Å². The lowest BCUT2D eigenvalue weighted by molar-refractivity contribution is -0.137. The van der Waals surface area contributed by atoms with Crippen molar-refractivity contribution in [1.29, 1.82) is 0 Å². The Morgan fingerprint density at radius 2 is 1.86 bits per heavy atom. The van der Waals surface area contributed by atoms with Crippen molar-refractivity contribution in [2.24, 2.45) is 0 Å². The molecule has 0 unspecified atom stereocenters. The maximum absolute atomic E-state index is 10.3. The molecule has 0 radical (unpaired) electrons. The number of carboxylic acid groups (broad SMARTS) is 1. The average molecular weight is 294 g/mol. The SMILES string of the molecule is CCCCC[C@@H](O)/C=C/C=C\C/C=C\CCCCC(=O)O. The lowest BCUT2D eigenvalue weighted by atomic mass is 10.1. The largest absolute Gasteiger partial charge is 0.481 e. The summed E-state index contributed by atoms with van der Waals surface area (Å²) in [5.41, 5.74) is 0. The summed E-state index contributed by atoms with van der Waals surface area (Å²) in [5, 5.41) is 18.1. The van der Waals surface area contributed by atoms with Gasteiger partial charge in [-0.15, -0.1) is 0 Å². The van der Waals surface area contributed by atoms with Crippen LogP contribution in [0.2, 0.25) is 0 Å². The minimum Gasteiger partial charge on any atom is -0.481 e. The lowest BCUT2D eigenvalue weighted by Gasteiger charge is -2.02. The number of aliphatic hydroxyl groups excluding tert-OH is 1. The van der Waals surface area contributed by atoms with Gasteiger partial charge in [-0.3, -0.25) is 4.79 Å². The summed E-state index contributed by atoms with van der Waals surface area (Å²) in [6, 6.07) is 0. The fourth-order valence-corrected chi connectivity index (χ4v) is 1.88. The molecule has 0 aromatic heterocycles. The van der Waals surface area contributed by atoms with Crippen LogP contribution in [0.5, 0.6) is 0 Å². The Kier molecular flexibility index (Phi) is 14.1. The van der Waals surface area contributed by atoms with E-state index in [0.29, 0.717) is 0 Å². The number of allylic oxidation sites excluding steroid dienone is 5. The molecule has 0 aliphatic carbocycles. The van der Waals surface area contributed by atoms with Crippen LogP contribution in [0.15, 0.2) is 36.5 Å². The van der Waals surface area contributed by atoms with Gasteiger partial charge in [0.25, 0.3) is 0 Å². The predicted molar refractivity (Wildman–Crippen MR) is 88.3 cm³/mol. The Labute approximate surface area is 129 Å². The number of aliphatic hydroxyl groups is 1. The minimum atomic E-state index is -0.717. The molecule has 0 rings (SSSR count). The van der Waals surface area contributed by atoms with Crippen LogP contribution in [0.3, 0.4) is 0 Å². The zero-order valence-corrected chi connectivity index (χ0v) is 13.2. The highest BCUT2D eigenvalue weighted by atomic mass is 16.4. The molecule has 21 heavy (non-hydrogen) atoms. The summed E-state index contributed by atoms with van der Waals surface area (Å²) in [6.07, 6.45) is 19.6. The molecule has 0 bridgehead atoms. The molecular weight excluding hydrogens is 264 g/mol. The molecule has 0 heterocycles. The Hall–Kier alpha value is -1.35. The van der Waals surface area contributed by atoms with E-state index < -0.39 is 5.97 Å². The molecule has 1 atom stereocenters. The highest BCUT2D eigenvalue weighted by Crippen LogP contribution is 2.04. The Morgan fingerprint density at radius 3 is 2.57 bits per heavy atom. The van der Waals surface area contributed by atoms with E-state index in [0.717, 1.165) is 38.5 Å². The number of hydrogen-bond acceptors (Lipinski definition) is 2. The first-order chi connectivity index (χ1) is 10.2. The third kappa shape index (κ3) is 16.6. The van der Waals surface area contributed by atoms with E-state index in [1.165, 1.54) is 12.8 Å². The first-order valence-corrected chi connectivity index (χ1v) is 8.05. The zero-order valence-electron chi connectivity index (χ0n) is 13.2. The number of carboxylic acids is 1. The standard InChI is InChI=1S/C18H30O3/c1-2-3-11-14-17(19)15-12-9-7-5-4-6-8-10-13-16-18(20)21/h4,6-7,9,12,15,17,19H,2-3,5,8,10-11,13-14,16H2,1H3,(H,20,21)/b6-4-,9-7-,15-12+/t17-/m1/s1. The Bertz CT molecular complexity index is 329. The average Bonchev–Trinajstić information content (AvgIpc) is 2.44. The maximum Gasteiger partial charge on any atom is 0.303 e.